The van der Waals surface area contributed by atoms with Gasteiger partial charge in [0.25, 0.3) is 5.91 Å². The molecular weight excluding hydrogens is 354 g/mol. The van der Waals surface area contributed by atoms with Gasteiger partial charge >= 0.3 is 0 Å². The van der Waals surface area contributed by atoms with Crippen LogP contribution in [-0.2, 0) is 0 Å². The summed E-state index contributed by atoms with van der Waals surface area (Å²) in [6.07, 6.45) is 2.04. The van der Waals surface area contributed by atoms with Crippen molar-refractivity contribution < 1.29 is 4.79 Å². The quantitative estimate of drug-likeness (QED) is 0.632. The largest absolute Gasteiger partial charge is 0.296 e. The molecule has 0 aliphatic carbocycles. The van der Waals surface area contributed by atoms with E-state index < -0.39 is 0 Å². The molecule has 0 fully saturated rings. The SMILES string of the molecule is CCC(CC)c1nnc(NC(=O)c2ccc(C#Cc3ccccc3)cc2)s1. The molecule has 0 saturated heterocycles. The van der Waals surface area contributed by atoms with Gasteiger partial charge in [0, 0.05) is 22.6 Å². The van der Waals surface area contributed by atoms with Crippen LogP contribution in [0.25, 0.3) is 0 Å². The Labute approximate surface area is 163 Å². The van der Waals surface area contributed by atoms with Crippen LogP contribution in [0.2, 0.25) is 0 Å². The topological polar surface area (TPSA) is 54.9 Å². The highest BCUT2D eigenvalue weighted by Gasteiger charge is 2.15. The number of nitrogens with zero attached hydrogens (tertiary/aromatic N) is 2. The zero-order valence-corrected chi connectivity index (χ0v) is 16.2. The second-order valence-electron chi connectivity index (χ2n) is 6.11. The molecule has 1 heterocycles. The predicted octanol–water partition coefficient (Wildman–Crippen LogP) is 5.09. The third-order valence-electron chi connectivity index (χ3n) is 4.27. The van der Waals surface area contributed by atoms with Gasteiger partial charge in [-0.1, -0.05) is 55.2 Å². The Morgan fingerprint density at radius 3 is 2.22 bits per heavy atom. The molecule has 1 N–H and O–H groups in total. The van der Waals surface area contributed by atoms with Crippen molar-refractivity contribution in [1.29, 1.82) is 0 Å². The number of aromatic nitrogens is 2. The molecule has 0 unspecified atom stereocenters. The van der Waals surface area contributed by atoms with Crippen molar-refractivity contribution >= 4 is 22.4 Å². The van der Waals surface area contributed by atoms with Crippen LogP contribution in [0.4, 0.5) is 5.13 Å². The van der Waals surface area contributed by atoms with Gasteiger partial charge in [-0.15, -0.1) is 10.2 Å². The Bertz CT molecular complexity index is 948. The molecule has 5 heteroatoms. The van der Waals surface area contributed by atoms with Crippen LogP contribution >= 0.6 is 11.3 Å². The highest BCUT2D eigenvalue weighted by molar-refractivity contribution is 7.15. The van der Waals surface area contributed by atoms with Crippen LogP contribution in [0, 0.1) is 11.8 Å². The Morgan fingerprint density at radius 1 is 0.963 bits per heavy atom. The number of hydrogen-bond acceptors (Lipinski definition) is 4. The average Bonchev–Trinajstić information content (AvgIpc) is 3.16. The first-order valence-electron chi connectivity index (χ1n) is 9.01. The van der Waals surface area contributed by atoms with E-state index in [1.54, 1.807) is 12.1 Å². The fourth-order valence-corrected chi connectivity index (χ4v) is 3.63. The van der Waals surface area contributed by atoms with E-state index in [2.05, 4.69) is 41.2 Å². The van der Waals surface area contributed by atoms with Crippen molar-refractivity contribution in [3.8, 4) is 11.8 Å². The first kappa shape index (κ1) is 18.8. The van der Waals surface area contributed by atoms with E-state index >= 15 is 0 Å². The highest BCUT2D eigenvalue weighted by atomic mass is 32.1. The maximum absolute atomic E-state index is 12.4. The summed E-state index contributed by atoms with van der Waals surface area (Å²) in [6, 6.07) is 17.0. The Balaban J connectivity index is 1.65. The lowest BCUT2D eigenvalue weighted by atomic mass is 10.1. The molecule has 0 spiro atoms. The van der Waals surface area contributed by atoms with Crippen molar-refractivity contribution in [3.05, 3.63) is 76.3 Å². The second kappa shape index (κ2) is 9.11. The normalized spacial score (nSPS) is 10.3. The molecule has 0 bridgehead atoms. The van der Waals surface area contributed by atoms with E-state index in [1.165, 1.54) is 11.3 Å². The molecular formula is C22H21N3OS. The molecule has 0 radical (unpaired) electrons. The fourth-order valence-electron chi connectivity index (χ4n) is 2.63. The lowest BCUT2D eigenvalue weighted by Crippen LogP contribution is -2.11. The van der Waals surface area contributed by atoms with Gasteiger partial charge in [0.1, 0.15) is 5.01 Å². The smallest absolute Gasteiger partial charge is 0.257 e. The van der Waals surface area contributed by atoms with Gasteiger partial charge < -0.3 is 0 Å². The minimum absolute atomic E-state index is 0.190. The molecule has 2 aromatic carbocycles. The summed E-state index contributed by atoms with van der Waals surface area (Å²) in [5.41, 5.74) is 2.39. The van der Waals surface area contributed by atoms with E-state index in [4.69, 9.17) is 0 Å². The van der Waals surface area contributed by atoms with Gasteiger partial charge in [0.05, 0.1) is 0 Å². The summed E-state index contributed by atoms with van der Waals surface area (Å²) in [4.78, 5) is 12.4. The molecule has 0 atom stereocenters. The van der Waals surface area contributed by atoms with Crippen LogP contribution in [0.15, 0.2) is 54.6 Å². The molecule has 0 aliphatic rings. The van der Waals surface area contributed by atoms with Crippen molar-refractivity contribution in [2.45, 2.75) is 32.6 Å². The second-order valence-corrected chi connectivity index (χ2v) is 7.12. The van der Waals surface area contributed by atoms with E-state index in [1.807, 2.05) is 42.5 Å². The summed E-state index contributed by atoms with van der Waals surface area (Å²) in [7, 11) is 0. The summed E-state index contributed by atoms with van der Waals surface area (Å²) >= 11 is 1.45. The number of benzene rings is 2. The van der Waals surface area contributed by atoms with Crippen molar-refractivity contribution in [1.82, 2.24) is 10.2 Å². The zero-order chi connectivity index (χ0) is 19.1. The minimum Gasteiger partial charge on any atom is -0.296 e. The lowest BCUT2D eigenvalue weighted by molar-refractivity contribution is 0.102. The van der Waals surface area contributed by atoms with Crippen LogP contribution in [0.3, 0.4) is 0 Å². The van der Waals surface area contributed by atoms with Crippen LogP contribution < -0.4 is 5.32 Å². The van der Waals surface area contributed by atoms with Gasteiger partial charge in [-0.25, -0.2) is 0 Å². The zero-order valence-electron chi connectivity index (χ0n) is 15.4. The number of hydrogen-bond donors (Lipinski definition) is 1. The monoisotopic (exact) mass is 375 g/mol. The van der Waals surface area contributed by atoms with E-state index in [-0.39, 0.29) is 5.91 Å². The molecule has 1 amide bonds. The Kier molecular flexibility index (Phi) is 6.35. The summed E-state index contributed by atoms with van der Waals surface area (Å²) in [5, 5.41) is 12.6. The number of anilines is 1. The number of nitrogens with one attached hydrogen (secondary N) is 1. The van der Waals surface area contributed by atoms with Crippen LogP contribution in [0.1, 0.15) is 59.1 Å². The number of rotatable bonds is 5. The highest BCUT2D eigenvalue weighted by Crippen LogP contribution is 2.28. The number of amides is 1. The van der Waals surface area contributed by atoms with Crippen LogP contribution in [0.5, 0.6) is 0 Å². The maximum Gasteiger partial charge on any atom is 0.257 e. The first-order chi connectivity index (χ1) is 13.2. The van der Waals surface area contributed by atoms with Crippen molar-refractivity contribution in [2.24, 2.45) is 0 Å². The molecule has 0 aliphatic heterocycles. The van der Waals surface area contributed by atoms with Gasteiger partial charge in [0.15, 0.2) is 0 Å². The number of carbonyl (C=O) groups is 1. The van der Waals surface area contributed by atoms with Gasteiger partial charge in [-0.2, -0.15) is 0 Å². The first-order valence-corrected chi connectivity index (χ1v) is 9.83. The standard InChI is InChI=1S/C22H21N3OS/c1-3-18(4-2)21-24-25-22(27-21)23-20(26)19-14-12-17(13-15-19)11-10-16-8-6-5-7-9-16/h5-9,12-15,18H,3-4H2,1-2H3,(H,23,25,26). The molecule has 3 aromatic rings. The molecule has 0 saturated carbocycles. The Hall–Kier alpha value is -2.97. The molecule has 4 nitrogen and oxygen atoms in total. The van der Waals surface area contributed by atoms with E-state index in [0.29, 0.717) is 16.6 Å². The average molecular weight is 375 g/mol. The Morgan fingerprint density at radius 2 is 1.59 bits per heavy atom. The number of carbonyl (C=O) groups excluding carboxylic acids is 1. The van der Waals surface area contributed by atoms with Gasteiger partial charge in [-0.3, -0.25) is 10.1 Å². The summed E-state index contributed by atoms with van der Waals surface area (Å²) < 4.78 is 0. The van der Waals surface area contributed by atoms with Crippen molar-refractivity contribution in [2.75, 3.05) is 5.32 Å². The molecule has 3 rings (SSSR count). The maximum atomic E-state index is 12.4. The van der Waals surface area contributed by atoms with E-state index in [9.17, 15) is 4.79 Å². The van der Waals surface area contributed by atoms with Crippen LogP contribution in [-0.4, -0.2) is 16.1 Å². The molecule has 27 heavy (non-hydrogen) atoms. The fraction of sp³-hybridized carbons (Fsp3) is 0.227. The summed E-state index contributed by atoms with van der Waals surface area (Å²) in [6.45, 7) is 4.27. The minimum atomic E-state index is -0.190. The van der Waals surface area contributed by atoms with E-state index in [0.717, 1.165) is 29.0 Å². The molecule has 1 aromatic heterocycles. The van der Waals surface area contributed by atoms with Gasteiger partial charge in [-0.05, 0) is 49.2 Å². The lowest BCUT2D eigenvalue weighted by Gasteiger charge is -2.05. The summed E-state index contributed by atoms with van der Waals surface area (Å²) in [5.74, 6) is 6.42. The van der Waals surface area contributed by atoms with Gasteiger partial charge in [0.2, 0.25) is 5.13 Å². The third-order valence-corrected chi connectivity index (χ3v) is 5.27. The van der Waals surface area contributed by atoms with Crippen molar-refractivity contribution in [3.63, 3.8) is 0 Å². The third kappa shape index (κ3) is 5.02. The predicted molar refractivity (Wildman–Crippen MR) is 110 cm³/mol. The molecule has 136 valence electrons.